The van der Waals surface area contributed by atoms with Crippen LogP contribution in [0.2, 0.25) is 0 Å². The van der Waals surface area contributed by atoms with Crippen LogP contribution in [0.3, 0.4) is 0 Å². The van der Waals surface area contributed by atoms with Gasteiger partial charge in [0.1, 0.15) is 5.82 Å². The van der Waals surface area contributed by atoms with Gasteiger partial charge in [0.05, 0.1) is 0 Å². The first-order valence-electron chi connectivity index (χ1n) is 7.22. The first-order valence-corrected chi connectivity index (χ1v) is 7.22. The maximum Gasteiger partial charge on any atom is 0.162 e. The van der Waals surface area contributed by atoms with Gasteiger partial charge in [-0.1, -0.05) is 11.1 Å². The molecule has 2 rings (SSSR count). The van der Waals surface area contributed by atoms with Crippen LogP contribution in [0.15, 0.2) is 35.4 Å². The van der Waals surface area contributed by atoms with E-state index in [9.17, 15) is 9.18 Å². The van der Waals surface area contributed by atoms with Crippen LogP contribution in [0, 0.1) is 5.82 Å². The number of hydrogen-bond acceptors (Lipinski definition) is 2. The standard InChI is InChI=1S/C17H22FNO/c1-13-9-11-19(12-14(13)2)10-3-4-17(20)15-5-7-16(18)8-6-15/h5-8H,3-4,9-12H2,1-2H3. The highest BCUT2D eigenvalue weighted by molar-refractivity contribution is 5.95. The van der Waals surface area contributed by atoms with Crippen LogP contribution in [0.1, 0.15) is 43.5 Å². The smallest absolute Gasteiger partial charge is 0.162 e. The lowest BCUT2D eigenvalue weighted by Crippen LogP contribution is -2.31. The Morgan fingerprint density at radius 1 is 1.20 bits per heavy atom. The van der Waals surface area contributed by atoms with Gasteiger partial charge in [0.2, 0.25) is 0 Å². The summed E-state index contributed by atoms with van der Waals surface area (Å²) >= 11 is 0. The van der Waals surface area contributed by atoms with Gasteiger partial charge in [0.25, 0.3) is 0 Å². The molecule has 1 aliphatic heterocycles. The fourth-order valence-corrected chi connectivity index (χ4v) is 2.52. The average Bonchev–Trinajstić information content (AvgIpc) is 2.43. The Morgan fingerprint density at radius 3 is 2.55 bits per heavy atom. The first kappa shape index (κ1) is 14.9. The van der Waals surface area contributed by atoms with E-state index >= 15 is 0 Å². The van der Waals surface area contributed by atoms with Crippen molar-refractivity contribution in [3.8, 4) is 0 Å². The third-order valence-electron chi connectivity index (χ3n) is 4.04. The van der Waals surface area contributed by atoms with E-state index in [1.807, 2.05) is 0 Å². The summed E-state index contributed by atoms with van der Waals surface area (Å²) in [6.45, 7) is 7.46. The molecule has 0 radical (unpaired) electrons. The lowest BCUT2D eigenvalue weighted by molar-refractivity contribution is 0.0975. The quantitative estimate of drug-likeness (QED) is 0.601. The fraction of sp³-hybridized carbons (Fsp3) is 0.471. The van der Waals surface area contributed by atoms with Gasteiger partial charge >= 0.3 is 0 Å². The summed E-state index contributed by atoms with van der Waals surface area (Å²) in [5, 5.41) is 0. The Bertz CT molecular complexity index is 504. The fourth-order valence-electron chi connectivity index (χ4n) is 2.52. The molecule has 108 valence electrons. The Morgan fingerprint density at radius 2 is 1.90 bits per heavy atom. The number of carbonyl (C=O) groups is 1. The zero-order valence-corrected chi connectivity index (χ0v) is 12.3. The zero-order valence-electron chi connectivity index (χ0n) is 12.3. The van der Waals surface area contributed by atoms with E-state index in [1.165, 1.54) is 23.3 Å². The first-order chi connectivity index (χ1) is 9.56. The minimum absolute atomic E-state index is 0.102. The van der Waals surface area contributed by atoms with E-state index in [2.05, 4.69) is 18.7 Å². The minimum atomic E-state index is -0.299. The number of hydrogen-bond donors (Lipinski definition) is 0. The highest BCUT2D eigenvalue weighted by Gasteiger charge is 2.14. The number of Topliss-reactive ketones (excluding diaryl/α,β-unsaturated/α-hetero) is 1. The molecule has 0 atom stereocenters. The Kier molecular flexibility index (Phi) is 5.07. The second-order valence-corrected chi connectivity index (χ2v) is 5.62. The Hall–Kier alpha value is -1.48. The normalized spacial score (nSPS) is 16.6. The topological polar surface area (TPSA) is 20.3 Å². The number of carbonyl (C=O) groups excluding carboxylic acids is 1. The van der Waals surface area contributed by atoms with Crippen LogP contribution in [0.25, 0.3) is 0 Å². The van der Waals surface area contributed by atoms with Crippen LogP contribution in [0.4, 0.5) is 4.39 Å². The second kappa shape index (κ2) is 6.80. The monoisotopic (exact) mass is 275 g/mol. The van der Waals surface area contributed by atoms with Crippen molar-refractivity contribution in [1.29, 1.82) is 0 Å². The maximum absolute atomic E-state index is 12.8. The molecule has 0 saturated carbocycles. The molecule has 0 unspecified atom stereocenters. The molecule has 0 aliphatic carbocycles. The van der Waals surface area contributed by atoms with Crippen LogP contribution in [-0.2, 0) is 0 Å². The second-order valence-electron chi connectivity index (χ2n) is 5.62. The van der Waals surface area contributed by atoms with Gasteiger partial charge in [0.15, 0.2) is 5.78 Å². The molecule has 0 spiro atoms. The van der Waals surface area contributed by atoms with Crippen molar-refractivity contribution in [3.63, 3.8) is 0 Å². The van der Waals surface area contributed by atoms with Gasteiger partial charge in [-0.3, -0.25) is 9.69 Å². The van der Waals surface area contributed by atoms with Crippen molar-refractivity contribution in [1.82, 2.24) is 4.90 Å². The molecule has 0 saturated heterocycles. The summed E-state index contributed by atoms with van der Waals surface area (Å²) in [5.41, 5.74) is 3.57. The summed E-state index contributed by atoms with van der Waals surface area (Å²) in [5.74, 6) is -0.196. The molecule has 1 heterocycles. The molecule has 3 heteroatoms. The third-order valence-corrected chi connectivity index (χ3v) is 4.04. The van der Waals surface area contributed by atoms with Crippen molar-refractivity contribution in [2.75, 3.05) is 19.6 Å². The van der Waals surface area contributed by atoms with Gasteiger partial charge in [-0.25, -0.2) is 4.39 Å². The van der Waals surface area contributed by atoms with Crippen LogP contribution in [0.5, 0.6) is 0 Å². The molecule has 20 heavy (non-hydrogen) atoms. The minimum Gasteiger partial charge on any atom is -0.299 e. The van der Waals surface area contributed by atoms with Crippen LogP contribution >= 0.6 is 0 Å². The van der Waals surface area contributed by atoms with E-state index in [0.717, 1.165) is 32.5 Å². The van der Waals surface area contributed by atoms with Gasteiger partial charge < -0.3 is 0 Å². The summed E-state index contributed by atoms with van der Waals surface area (Å²) in [6.07, 6.45) is 2.53. The van der Waals surface area contributed by atoms with Gasteiger partial charge in [-0.05, 0) is 57.5 Å². The molecule has 1 aliphatic rings. The zero-order chi connectivity index (χ0) is 14.5. The van der Waals surface area contributed by atoms with Gasteiger partial charge in [0, 0.05) is 25.1 Å². The van der Waals surface area contributed by atoms with Crippen LogP contribution in [-0.4, -0.2) is 30.3 Å². The lowest BCUT2D eigenvalue weighted by atomic mass is 10.0. The molecular formula is C17H22FNO. The molecule has 0 fully saturated rings. The highest BCUT2D eigenvalue weighted by Crippen LogP contribution is 2.17. The molecule has 0 aromatic heterocycles. The van der Waals surface area contributed by atoms with Crippen molar-refractivity contribution in [3.05, 3.63) is 46.8 Å². The number of ketones is 1. The van der Waals surface area contributed by atoms with E-state index in [-0.39, 0.29) is 11.6 Å². The van der Waals surface area contributed by atoms with Gasteiger partial charge in [-0.2, -0.15) is 0 Å². The summed E-state index contributed by atoms with van der Waals surface area (Å²) < 4.78 is 12.8. The summed E-state index contributed by atoms with van der Waals surface area (Å²) in [4.78, 5) is 14.4. The Balaban J connectivity index is 1.76. The van der Waals surface area contributed by atoms with Crippen molar-refractivity contribution < 1.29 is 9.18 Å². The SMILES string of the molecule is CC1=C(C)CN(CCCC(=O)c2ccc(F)cc2)CC1. The van der Waals surface area contributed by atoms with Gasteiger partial charge in [-0.15, -0.1) is 0 Å². The predicted octanol–water partition coefficient (Wildman–Crippen LogP) is 3.83. The Labute approximate surface area is 120 Å². The molecule has 1 aromatic carbocycles. The number of halogens is 1. The molecule has 0 bridgehead atoms. The van der Waals surface area contributed by atoms with E-state index < -0.39 is 0 Å². The van der Waals surface area contributed by atoms with Crippen molar-refractivity contribution in [2.45, 2.75) is 33.1 Å². The number of nitrogens with zero attached hydrogens (tertiary/aromatic N) is 1. The highest BCUT2D eigenvalue weighted by atomic mass is 19.1. The van der Waals surface area contributed by atoms with E-state index in [1.54, 1.807) is 12.1 Å². The summed E-state index contributed by atoms with van der Waals surface area (Å²) in [6, 6.07) is 5.81. The predicted molar refractivity (Wildman–Crippen MR) is 79.4 cm³/mol. The average molecular weight is 275 g/mol. The number of benzene rings is 1. The van der Waals surface area contributed by atoms with Crippen molar-refractivity contribution in [2.24, 2.45) is 0 Å². The summed E-state index contributed by atoms with van der Waals surface area (Å²) in [7, 11) is 0. The molecule has 1 aromatic rings. The van der Waals surface area contributed by atoms with Crippen LogP contribution < -0.4 is 0 Å². The largest absolute Gasteiger partial charge is 0.299 e. The molecule has 0 N–H and O–H groups in total. The lowest BCUT2D eigenvalue weighted by Gasteiger charge is -2.28. The van der Waals surface area contributed by atoms with E-state index in [4.69, 9.17) is 0 Å². The maximum atomic E-state index is 12.8. The number of rotatable bonds is 5. The molecular weight excluding hydrogens is 253 g/mol. The molecule has 0 amide bonds. The molecule has 2 nitrogen and oxygen atoms in total. The third kappa shape index (κ3) is 4.01. The van der Waals surface area contributed by atoms with E-state index in [0.29, 0.717) is 12.0 Å². The van der Waals surface area contributed by atoms with Crippen molar-refractivity contribution >= 4 is 5.78 Å².